The maximum Gasteiger partial charge on any atom is 0.262 e. The maximum atomic E-state index is 12.7. The average Bonchev–Trinajstić information content (AvgIpc) is 2.61. The van der Waals surface area contributed by atoms with E-state index in [0.717, 1.165) is 5.56 Å². The number of hydrogen-bond acceptors (Lipinski definition) is 3. The first-order valence-corrected chi connectivity index (χ1v) is 8.12. The van der Waals surface area contributed by atoms with Crippen LogP contribution in [0.3, 0.4) is 0 Å². The van der Waals surface area contributed by atoms with Crippen LogP contribution in [0.2, 0.25) is 0 Å². The van der Waals surface area contributed by atoms with Crippen molar-refractivity contribution < 1.29 is 9.59 Å². The highest BCUT2D eigenvalue weighted by Crippen LogP contribution is 2.17. The normalized spacial score (nSPS) is 11.8. The Kier molecular flexibility index (Phi) is 5.68. The van der Waals surface area contributed by atoms with Crippen LogP contribution in [-0.2, 0) is 0 Å². The van der Waals surface area contributed by atoms with E-state index in [0.29, 0.717) is 12.1 Å². The third kappa shape index (κ3) is 3.62. The molecule has 0 saturated carbocycles. The van der Waals surface area contributed by atoms with E-state index in [9.17, 15) is 14.4 Å². The maximum absolute atomic E-state index is 12.7. The lowest BCUT2D eigenvalue weighted by atomic mass is 10.0. The van der Waals surface area contributed by atoms with Crippen LogP contribution in [0, 0.1) is 0 Å². The second kappa shape index (κ2) is 7.73. The van der Waals surface area contributed by atoms with Gasteiger partial charge in [-0.1, -0.05) is 37.3 Å². The Morgan fingerprint density at radius 3 is 2.42 bits per heavy atom. The van der Waals surface area contributed by atoms with Crippen molar-refractivity contribution in [2.45, 2.75) is 33.2 Å². The lowest BCUT2D eigenvalue weighted by Crippen LogP contribution is -2.32. The molecule has 0 bridgehead atoms. The third-order valence-corrected chi connectivity index (χ3v) is 3.96. The van der Waals surface area contributed by atoms with Gasteiger partial charge >= 0.3 is 0 Å². The second-order valence-corrected chi connectivity index (χ2v) is 5.58. The standard InChI is InChI=1S/C19H22N2O3/c1-4-17(22)16-11-15(18(23)20-5-2)12-21(19(16)24)13(3)14-9-7-6-8-10-14/h6-13H,4-5H2,1-3H3,(H,20,23)/t13-/m1/s1. The molecule has 2 rings (SSSR count). The summed E-state index contributed by atoms with van der Waals surface area (Å²) < 4.78 is 1.46. The van der Waals surface area contributed by atoms with Crippen LogP contribution in [-0.4, -0.2) is 22.8 Å². The molecule has 0 saturated heterocycles. The van der Waals surface area contributed by atoms with Gasteiger partial charge in [0.2, 0.25) is 0 Å². The quantitative estimate of drug-likeness (QED) is 0.830. The molecule has 5 heteroatoms. The monoisotopic (exact) mass is 326 g/mol. The molecule has 0 aliphatic carbocycles. The van der Waals surface area contributed by atoms with Crippen LogP contribution >= 0.6 is 0 Å². The number of nitrogens with one attached hydrogen (secondary N) is 1. The van der Waals surface area contributed by atoms with E-state index in [1.54, 1.807) is 6.92 Å². The van der Waals surface area contributed by atoms with Gasteiger partial charge in [-0.2, -0.15) is 0 Å². The highest BCUT2D eigenvalue weighted by molar-refractivity contribution is 6.00. The van der Waals surface area contributed by atoms with Crippen LogP contribution in [0.15, 0.2) is 47.4 Å². The molecule has 1 aromatic carbocycles. The van der Waals surface area contributed by atoms with Crippen LogP contribution < -0.4 is 10.9 Å². The molecular formula is C19H22N2O3. The van der Waals surface area contributed by atoms with E-state index in [1.807, 2.05) is 44.2 Å². The SMILES string of the molecule is CCNC(=O)c1cc(C(=O)CC)c(=O)n([C@H](C)c2ccccc2)c1. The number of hydrogen-bond donors (Lipinski definition) is 1. The molecule has 1 atom stereocenters. The van der Waals surface area contributed by atoms with Crippen molar-refractivity contribution >= 4 is 11.7 Å². The number of Topliss-reactive ketones (excluding diaryl/α,β-unsaturated/α-hetero) is 1. The summed E-state index contributed by atoms with van der Waals surface area (Å²) in [6, 6.07) is 10.6. The molecule has 0 fully saturated rings. The van der Waals surface area contributed by atoms with Crippen molar-refractivity contribution in [3.05, 3.63) is 69.6 Å². The number of benzene rings is 1. The second-order valence-electron chi connectivity index (χ2n) is 5.58. The van der Waals surface area contributed by atoms with E-state index >= 15 is 0 Å². The summed E-state index contributed by atoms with van der Waals surface area (Å²) in [5.41, 5.74) is 0.939. The molecule has 2 aromatic rings. The first-order chi connectivity index (χ1) is 11.5. The summed E-state index contributed by atoms with van der Waals surface area (Å²) in [6.07, 6.45) is 1.74. The van der Waals surface area contributed by atoms with E-state index in [-0.39, 0.29) is 35.3 Å². The van der Waals surface area contributed by atoms with Crippen LogP contribution in [0.25, 0.3) is 0 Å². The lowest BCUT2D eigenvalue weighted by Gasteiger charge is -2.18. The molecule has 0 aliphatic heterocycles. The first-order valence-electron chi connectivity index (χ1n) is 8.12. The molecule has 0 radical (unpaired) electrons. The summed E-state index contributed by atoms with van der Waals surface area (Å²) in [6.45, 7) is 5.87. The summed E-state index contributed by atoms with van der Waals surface area (Å²) in [4.78, 5) is 37.1. The number of amides is 1. The van der Waals surface area contributed by atoms with Gasteiger partial charge in [-0.05, 0) is 25.5 Å². The van der Waals surface area contributed by atoms with Gasteiger partial charge in [0.05, 0.1) is 17.2 Å². The Morgan fingerprint density at radius 1 is 1.17 bits per heavy atom. The number of aromatic nitrogens is 1. The van der Waals surface area contributed by atoms with E-state index in [4.69, 9.17) is 0 Å². The minimum absolute atomic E-state index is 0.0593. The third-order valence-electron chi connectivity index (χ3n) is 3.96. The number of pyridine rings is 1. The Hall–Kier alpha value is -2.69. The van der Waals surface area contributed by atoms with Crippen molar-refractivity contribution in [2.75, 3.05) is 6.54 Å². The molecule has 126 valence electrons. The minimum atomic E-state index is -0.369. The van der Waals surface area contributed by atoms with Gasteiger partial charge in [0.1, 0.15) is 0 Å². The van der Waals surface area contributed by atoms with Crippen LogP contribution in [0.5, 0.6) is 0 Å². The molecule has 0 unspecified atom stereocenters. The fraction of sp³-hybridized carbons (Fsp3) is 0.316. The molecule has 24 heavy (non-hydrogen) atoms. The molecule has 1 heterocycles. The van der Waals surface area contributed by atoms with E-state index in [1.165, 1.54) is 16.8 Å². The fourth-order valence-electron chi connectivity index (χ4n) is 2.56. The average molecular weight is 326 g/mol. The minimum Gasteiger partial charge on any atom is -0.352 e. The van der Waals surface area contributed by atoms with Crippen molar-refractivity contribution in [2.24, 2.45) is 0 Å². The molecule has 1 amide bonds. The number of carbonyl (C=O) groups excluding carboxylic acids is 2. The number of carbonyl (C=O) groups is 2. The van der Waals surface area contributed by atoms with Crippen molar-refractivity contribution in [3.8, 4) is 0 Å². The van der Waals surface area contributed by atoms with E-state index < -0.39 is 0 Å². The summed E-state index contributed by atoms with van der Waals surface area (Å²) in [7, 11) is 0. The lowest BCUT2D eigenvalue weighted by molar-refractivity contribution is 0.0955. The highest BCUT2D eigenvalue weighted by atomic mass is 16.2. The van der Waals surface area contributed by atoms with Gasteiger partial charge in [0, 0.05) is 19.2 Å². The summed E-state index contributed by atoms with van der Waals surface area (Å²) in [5, 5.41) is 2.71. The largest absolute Gasteiger partial charge is 0.352 e. The zero-order valence-corrected chi connectivity index (χ0v) is 14.2. The van der Waals surface area contributed by atoms with Gasteiger partial charge in [-0.15, -0.1) is 0 Å². The summed E-state index contributed by atoms with van der Waals surface area (Å²) >= 11 is 0. The number of ketones is 1. The van der Waals surface area contributed by atoms with E-state index in [2.05, 4.69) is 5.32 Å². The van der Waals surface area contributed by atoms with Gasteiger partial charge < -0.3 is 9.88 Å². The molecule has 1 N–H and O–H groups in total. The molecule has 0 aliphatic rings. The topological polar surface area (TPSA) is 68.2 Å². The van der Waals surface area contributed by atoms with Crippen molar-refractivity contribution in [3.63, 3.8) is 0 Å². The zero-order chi connectivity index (χ0) is 17.7. The Balaban J connectivity index is 2.61. The summed E-state index contributed by atoms with van der Waals surface area (Å²) in [5.74, 6) is -0.558. The predicted octanol–water partition coefficient (Wildman–Crippen LogP) is 2.80. The van der Waals surface area contributed by atoms with Gasteiger partial charge in [-0.25, -0.2) is 0 Å². The highest BCUT2D eigenvalue weighted by Gasteiger charge is 2.19. The Bertz CT molecular complexity index is 794. The fourth-order valence-corrected chi connectivity index (χ4v) is 2.56. The zero-order valence-electron chi connectivity index (χ0n) is 14.2. The number of rotatable bonds is 6. The van der Waals surface area contributed by atoms with Gasteiger partial charge in [0.15, 0.2) is 5.78 Å². The molecule has 1 aromatic heterocycles. The van der Waals surface area contributed by atoms with Gasteiger partial charge in [0.25, 0.3) is 11.5 Å². The van der Waals surface area contributed by atoms with Gasteiger partial charge in [-0.3, -0.25) is 14.4 Å². The smallest absolute Gasteiger partial charge is 0.262 e. The predicted molar refractivity (Wildman–Crippen MR) is 93.6 cm³/mol. The Morgan fingerprint density at radius 2 is 1.83 bits per heavy atom. The van der Waals surface area contributed by atoms with Crippen LogP contribution in [0.1, 0.15) is 59.5 Å². The first kappa shape index (κ1) is 17.7. The van der Waals surface area contributed by atoms with Crippen molar-refractivity contribution in [1.29, 1.82) is 0 Å². The Labute approximate surface area is 141 Å². The molecule has 5 nitrogen and oxygen atoms in total. The molecule has 0 spiro atoms. The number of nitrogens with zero attached hydrogens (tertiary/aromatic N) is 1. The van der Waals surface area contributed by atoms with Crippen LogP contribution in [0.4, 0.5) is 0 Å². The molecular weight excluding hydrogens is 304 g/mol. The van der Waals surface area contributed by atoms with Crippen molar-refractivity contribution in [1.82, 2.24) is 9.88 Å².